The Morgan fingerprint density at radius 2 is 2.05 bits per heavy atom. The Hall–Kier alpha value is -2.72. The number of non-ortho nitro benzene ring substituents is 1. The standard InChI is InChI=1S/C12H14N4O6/c17-11(10-7-13-5-6-21-10)14-15-12(18)22-9-3-1-8(2-4-9)16(19)20/h1-4,10,13H,5-7H2,(H,14,17)(H,15,18). The topological polar surface area (TPSA) is 132 Å². The number of nitro benzene ring substituents is 1. The quantitative estimate of drug-likeness (QED) is 0.516. The van der Waals surface area contributed by atoms with Gasteiger partial charge in [0.2, 0.25) is 0 Å². The third-order valence-corrected chi connectivity index (χ3v) is 2.77. The molecule has 0 radical (unpaired) electrons. The summed E-state index contributed by atoms with van der Waals surface area (Å²) in [4.78, 5) is 33.0. The number of hydrogen-bond donors (Lipinski definition) is 3. The number of nitro groups is 1. The highest BCUT2D eigenvalue weighted by atomic mass is 16.6. The maximum atomic E-state index is 11.7. The second kappa shape index (κ2) is 7.33. The molecule has 1 unspecified atom stereocenters. The van der Waals surface area contributed by atoms with E-state index in [9.17, 15) is 19.7 Å². The van der Waals surface area contributed by atoms with Crippen LogP contribution in [0.3, 0.4) is 0 Å². The van der Waals surface area contributed by atoms with Gasteiger partial charge < -0.3 is 14.8 Å². The van der Waals surface area contributed by atoms with E-state index in [0.29, 0.717) is 19.7 Å². The molecule has 10 nitrogen and oxygen atoms in total. The number of nitrogens with one attached hydrogen (secondary N) is 3. The van der Waals surface area contributed by atoms with E-state index in [1.807, 2.05) is 0 Å². The number of carbonyl (C=O) groups is 2. The minimum Gasteiger partial charge on any atom is -0.409 e. The Morgan fingerprint density at radius 3 is 2.64 bits per heavy atom. The van der Waals surface area contributed by atoms with E-state index >= 15 is 0 Å². The first-order valence-corrected chi connectivity index (χ1v) is 6.41. The lowest BCUT2D eigenvalue weighted by Crippen LogP contribution is -2.53. The van der Waals surface area contributed by atoms with Crippen molar-refractivity contribution in [2.45, 2.75) is 6.10 Å². The van der Waals surface area contributed by atoms with Crippen molar-refractivity contribution in [3.63, 3.8) is 0 Å². The fourth-order valence-electron chi connectivity index (χ4n) is 1.70. The van der Waals surface area contributed by atoms with Crippen molar-refractivity contribution >= 4 is 17.7 Å². The van der Waals surface area contributed by atoms with Crippen molar-refractivity contribution in [1.29, 1.82) is 0 Å². The molecule has 22 heavy (non-hydrogen) atoms. The van der Waals surface area contributed by atoms with Crippen molar-refractivity contribution in [2.24, 2.45) is 0 Å². The maximum Gasteiger partial charge on any atom is 0.431 e. The van der Waals surface area contributed by atoms with E-state index in [1.54, 1.807) is 0 Å². The third-order valence-electron chi connectivity index (χ3n) is 2.77. The van der Waals surface area contributed by atoms with Gasteiger partial charge in [0, 0.05) is 25.2 Å². The minimum absolute atomic E-state index is 0.105. The van der Waals surface area contributed by atoms with Crippen molar-refractivity contribution in [1.82, 2.24) is 16.2 Å². The predicted octanol–water partition coefficient (Wildman–Crippen LogP) is -0.297. The Labute approximate surface area is 124 Å². The molecule has 1 aromatic carbocycles. The number of benzene rings is 1. The van der Waals surface area contributed by atoms with Gasteiger partial charge in [-0.3, -0.25) is 20.3 Å². The molecule has 1 aliphatic heterocycles. The molecule has 0 saturated carbocycles. The molecule has 2 amide bonds. The van der Waals surface area contributed by atoms with Crippen LogP contribution in [0.4, 0.5) is 10.5 Å². The highest BCUT2D eigenvalue weighted by Gasteiger charge is 2.22. The van der Waals surface area contributed by atoms with Crippen molar-refractivity contribution in [3.8, 4) is 5.75 Å². The van der Waals surface area contributed by atoms with Gasteiger partial charge in [0.05, 0.1) is 11.5 Å². The fourth-order valence-corrected chi connectivity index (χ4v) is 1.70. The molecule has 1 heterocycles. The van der Waals surface area contributed by atoms with Crippen LogP contribution in [0.15, 0.2) is 24.3 Å². The summed E-state index contributed by atoms with van der Waals surface area (Å²) in [5, 5.41) is 13.5. The van der Waals surface area contributed by atoms with Crippen LogP contribution in [0.5, 0.6) is 5.75 Å². The second-order valence-electron chi connectivity index (χ2n) is 4.32. The van der Waals surface area contributed by atoms with Crippen molar-refractivity contribution in [3.05, 3.63) is 34.4 Å². The van der Waals surface area contributed by atoms with Crippen LogP contribution in [0.25, 0.3) is 0 Å². The summed E-state index contributed by atoms with van der Waals surface area (Å²) in [6, 6.07) is 4.94. The average Bonchev–Trinajstić information content (AvgIpc) is 2.54. The van der Waals surface area contributed by atoms with E-state index in [2.05, 4.69) is 16.2 Å². The SMILES string of the molecule is O=C(NNC(=O)C1CNCCO1)Oc1ccc([N+](=O)[O-])cc1. The number of rotatable bonds is 3. The molecule has 1 fully saturated rings. The lowest BCUT2D eigenvalue weighted by atomic mass is 10.3. The third kappa shape index (κ3) is 4.40. The summed E-state index contributed by atoms with van der Waals surface area (Å²) in [6.45, 7) is 1.43. The van der Waals surface area contributed by atoms with Gasteiger partial charge in [0.15, 0.2) is 0 Å². The first-order chi connectivity index (χ1) is 10.6. The van der Waals surface area contributed by atoms with Crippen LogP contribution >= 0.6 is 0 Å². The van der Waals surface area contributed by atoms with E-state index in [-0.39, 0.29) is 11.4 Å². The number of carbonyl (C=O) groups excluding carboxylic acids is 2. The van der Waals surface area contributed by atoms with Gasteiger partial charge in [-0.05, 0) is 12.1 Å². The Morgan fingerprint density at radius 1 is 1.32 bits per heavy atom. The van der Waals surface area contributed by atoms with Crippen LogP contribution < -0.4 is 20.9 Å². The summed E-state index contributed by atoms with van der Waals surface area (Å²) >= 11 is 0. The van der Waals surface area contributed by atoms with E-state index in [0.717, 1.165) is 0 Å². The van der Waals surface area contributed by atoms with Gasteiger partial charge in [-0.15, -0.1) is 0 Å². The smallest absolute Gasteiger partial charge is 0.409 e. The van der Waals surface area contributed by atoms with Crippen LogP contribution in [0, 0.1) is 10.1 Å². The second-order valence-corrected chi connectivity index (χ2v) is 4.32. The molecule has 0 bridgehead atoms. The van der Waals surface area contributed by atoms with Gasteiger partial charge >= 0.3 is 6.09 Å². The minimum atomic E-state index is -0.925. The number of hydrazine groups is 1. The highest BCUT2D eigenvalue weighted by Crippen LogP contribution is 2.17. The van der Waals surface area contributed by atoms with Gasteiger partial charge in [-0.2, -0.15) is 0 Å². The first kappa shape index (κ1) is 15.7. The number of ether oxygens (including phenoxy) is 2. The van der Waals surface area contributed by atoms with E-state index in [1.165, 1.54) is 24.3 Å². The van der Waals surface area contributed by atoms with Crippen molar-refractivity contribution in [2.75, 3.05) is 19.7 Å². The van der Waals surface area contributed by atoms with Crippen LogP contribution in [-0.2, 0) is 9.53 Å². The molecule has 10 heteroatoms. The summed E-state index contributed by atoms with van der Waals surface area (Å²) < 4.78 is 10.0. The summed E-state index contributed by atoms with van der Waals surface area (Å²) in [6.07, 6.45) is -1.61. The zero-order chi connectivity index (χ0) is 15.9. The highest BCUT2D eigenvalue weighted by molar-refractivity contribution is 5.83. The molecule has 0 spiro atoms. The molecule has 118 valence electrons. The van der Waals surface area contributed by atoms with E-state index in [4.69, 9.17) is 9.47 Å². The number of nitrogens with zero attached hydrogens (tertiary/aromatic N) is 1. The lowest BCUT2D eigenvalue weighted by Gasteiger charge is -2.22. The average molecular weight is 310 g/mol. The predicted molar refractivity (Wildman–Crippen MR) is 73.0 cm³/mol. The Bertz CT molecular complexity index is 555. The molecule has 0 aromatic heterocycles. The number of hydrogen-bond acceptors (Lipinski definition) is 7. The molecular weight excluding hydrogens is 296 g/mol. The van der Waals surface area contributed by atoms with Gasteiger partial charge in [-0.1, -0.05) is 0 Å². The Balaban J connectivity index is 1.77. The number of morpholine rings is 1. The molecule has 1 saturated heterocycles. The molecule has 0 aliphatic carbocycles. The van der Waals surface area contributed by atoms with Crippen molar-refractivity contribution < 1.29 is 24.0 Å². The molecule has 1 atom stereocenters. The summed E-state index contributed by atoms with van der Waals surface area (Å²) in [5.41, 5.74) is 4.11. The van der Waals surface area contributed by atoms with Crippen LogP contribution in [0.2, 0.25) is 0 Å². The molecule has 1 aliphatic rings. The summed E-state index contributed by atoms with van der Waals surface area (Å²) in [5.74, 6) is -0.402. The normalized spacial score (nSPS) is 17.4. The fraction of sp³-hybridized carbons (Fsp3) is 0.333. The van der Waals surface area contributed by atoms with Gasteiger partial charge in [0.1, 0.15) is 11.9 Å². The first-order valence-electron chi connectivity index (χ1n) is 6.41. The largest absolute Gasteiger partial charge is 0.431 e. The monoisotopic (exact) mass is 310 g/mol. The lowest BCUT2D eigenvalue weighted by molar-refractivity contribution is -0.384. The molecule has 2 rings (SSSR count). The zero-order valence-corrected chi connectivity index (χ0v) is 11.4. The molecule has 3 N–H and O–H groups in total. The van der Waals surface area contributed by atoms with Crippen LogP contribution in [-0.4, -0.2) is 42.7 Å². The number of amides is 2. The molecule has 1 aromatic rings. The maximum absolute atomic E-state index is 11.7. The Kier molecular flexibility index (Phi) is 5.22. The van der Waals surface area contributed by atoms with E-state index < -0.39 is 23.0 Å². The van der Waals surface area contributed by atoms with Gasteiger partial charge in [0.25, 0.3) is 11.6 Å². The molecular formula is C12H14N4O6. The summed E-state index contributed by atoms with van der Waals surface area (Å²) in [7, 11) is 0. The van der Waals surface area contributed by atoms with Gasteiger partial charge in [-0.25, -0.2) is 10.2 Å². The zero-order valence-electron chi connectivity index (χ0n) is 11.4. The van der Waals surface area contributed by atoms with Crippen LogP contribution in [0.1, 0.15) is 0 Å².